The fourth-order valence-electron chi connectivity index (χ4n) is 3.00. The van der Waals surface area contributed by atoms with Crippen molar-refractivity contribution in [2.75, 3.05) is 43.6 Å². The molecule has 0 radical (unpaired) electrons. The van der Waals surface area contributed by atoms with E-state index < -0.39 is 0 Å². The molecule has 1 atom stereocenters. The van der Waals surface area contributed by atoms with E-state index in [0.717, 1.165) is 60.2 Å². The molecule has 6 nitrogen and oxygen atoms in total. The van der Waals surface area contributed by atoms with Crippen molar-refractivity contribution in [2.24, 2.45) is 5.92 Å². The van der Waals surface area contributed by atoms with E-state index in [-0.39, 0.29) is 12.0 Å². The molecular weight excluding hydrogens is 326 g/mol. The van der Waals surface area contributed by atoms with Crippen LogP contribution in [-0.4, -0.2) is 50.4 Å². The standard InChI is InChI=1S/C17H21N3O3S/c1-22-16(21)15(11-2-3-11)18-12-4-5-13-14(10-12)24-17(19-13)20-6-8-23-9-7-20/h4-5,10-11,15,18H,2-3,6-9H2,1H3. The first kappa shape index (κ1) is 15.7. The molecule has 24 heavy (non-hydrogen) atoms. The molecule has 0 spiro atoms. The van der Waals surface area contributed by atoms with E-state index in [4.69, 9.17) is 14.5 Å². The minimum absolute atomic E-state index is 0.184. The zero-order valence-electron chi connectivity index (χ0n) is 13.7. The van der Waals surface area contributed by atoms with Crippen LogP contribution in [-0.2, 0) is 14.3 Å². The second-order valence-electron chi connectivity index (χ2n) is 6.26. The quantitative estimate of drug-likeness (QED) is 0.839. The number of morpholine rings is 1. The first-order valence-electron chi connectivity index (χ1n) is 8.32. The number of benzene rings is 1. The summed E-state index contributed by atoms with van der Waals surface area (Å²) >= 11 is 1.69. The number of nitrogens with one attached hydrogen (secondary N) is 1. The van der Waals surface area contributed by atoms with E-state index in [1.807, 2.05) is 12.1 Å². The van der Waals surface area contributed by atoms with Crippen molar-refractivity contribution in [1.29, 1.82) is 0 Å². The van der Waals surface area contributed by atoms with Crippen LogP contribution in [0.5, 0.6) is 0 Å². The first-order valence-corrected chi connectivity index (χ1v) is 9.14. The zero-order valence-corrected chi connectivity index (χ0v) is 14.5. The van der Waals surface area contributed by atoms with Crippen molar-refractivity contribution in [3.8, 4) is 0 Å². The lowest BCUT2D eigenvalue weighted by molar-refractivity contribution is -0.142. The van der Waals surface area contributed by atoms with Gasteiger partial charge in [-0.2, -0.15) is 0 Å². The van der Waals surface area contributed by atoms with Gasteiger partial charge in [-0.05, 0) is 37.0 Å². The summed E-state index contributed by atoms with van der Waals surface area (Å²) in [6.07, 6.45) is 2.16. The van der Waals surface area contributed by atoms with Crippen LogP contribution in [0.1, 0.15) is 12.8 Å². The van der Waals surface area contributed by atoms with Gasteiger partial charge in [-0.1, -0.05) is 11.3 Å². The van der Waals surface area contributed by atoms with Gasteiger partial charge in [-0.15, -0.1) is 0 Å². The molecule has 2 fully saturated rings. The third-order valence-electron chi connectivity index (χ3n) is 4.53. The average Bonchev–Trinajstić information content (AvgIpc) is 3.38. The Morgan fingerprint density at radius 1 is 1.42 bits per heavy atom. The summed E-state index contributed by atoms with van der Waals surface area (Å²) in [5, 5.41) is 4.38. The molecule has 1 aliphatic carbocycles. The lowest BCUT2D eigenvalue weighted by Gasteiger charge is -2.25. The summed E-state index contributed by atoms with van der Waals surface area (Å²) in [5.41, 5.74) is 1.94. The van der Waals surface area contributed by atoms with E-state index in [1.54, 1.807) is 11.3 Å². The van der Waals surface area contributed by atoms with Crippen LogP contribution in [0.4, 0.5) is 10.8 Å². The van der Waals surface area contributed by atoms with E-state index in [1.165, 1.54) is 7.11 Å². The van der Waals surface area contributed by atoms with Crippen molar-refractivity contribution < 1.29 is 14.3 Å². The summed E-state index contributed by atoms with van der Waals surface area (Å²) in [6, 6.07) is 5.83. The van der Waals surface area contributed by atoms with Gasteiger partial charge < -0.3 is 19.7 Å². The number of rotatable bonds is 5. The molecule has 0 bridgehead atoms. The number of aromatic nitrogens is 1. The lowest BCUT2D eigenvalue weighted by atomic mass is 10.1. The number of esters is 1. The van der Waals surface area contributed by atoms with E-state index in [9.17, 15) is 4.79 Å². The molecule has 0 amide bonds. The maximum absolute atomic E-state index is 12.0. The van der Waals surface area contributed by atoms with Crippen LogP contribution >= 0.6 is 11.3 Å². The largest absolute Gasteiger partial charge is 0.467 e. The van der Waals surface area contributed by atoms with Gasteiger partial charge in [0.2, 0.25) is 0 Å². The fraction of sp³-hybridized carbons (Fsp3) is 0.529. The normalized spacial score (nSPS) is 19.3. The van der Waals surface area contributed by atoms with Gasteiger partial charge in [0.15, 0.2) is 5.13 Å². The van der Waals surface area contributed by atoms with E-state index >= 15 is 0 Å². The molecule has 2 aliphatic rings. The SMILES string of the molecule is COC(=O)C(Nc1ccc2nc(N3CCOCC3)sc2c1)C1CC1. The van der Waals surface area contributed by atoms with Crippen molar-refractivity contribution in [3.05, 3.63) is 18.2 Å². The third kappa shape index (κ3) is 3.18. The van der Waals surface area contributed by atoms with Crippen LogP contribution in [0, 0.1) is 5.92 Å². The number of hydrogen-bond acceptors (Lipinski definition) is 7. The second kappa shape index (κ2) is 6.57. The Hall–Kier alpha value is -1.86. The fourth-order valence-corrected chi connectivity index (χ4v) is 4.05. The maximum atomic E-state index is 12.0. The minimum atomic E-state index is -0.251. The summed E-state index contributed by atoms with van der Waals surface area (Å²) < 4.78 is 11.5. The van der Waals surface area contributed by atoms with Crippen LogP contribution in [0.15, 0.2) is 18.2 Å². The molecule has 1 unspecified atom stereocenters. The van der Waals surface area contributed by atoms with Crippen LogP contribution in [0.3, 0.4) is 0 Å². The molecule has 128 valence electrons. The predicted molar refractivity (Wildman–Crippen MR) is 94.8 cm³/mol. The monoisotopic (exact) mass is 347 g/mol. The lowest BCUT2D eigenvalue weighted by Crippen LogP contribution is -2.36. The summed E-state index contributed by atoms with van der Waals surface area (Å²) in [5.74, 6) is 0.203. The molecule has 1 saturated carbocycles. The number of ether oxygens (including phenoxy) is 2. The van der Waals surface area contributed by atoms with Crippen molar-refractivity contribution in [3.63, 3.8) is 0 Å². The highest BCUT2D eigenvalue weighted by molar-refractivity contribution is 7.22. The molecule has 1 aliphatic heterocycles. The van der Waals surface area contributed by atoms with Gasteiger partial charge in [-0.25, -0.2) is 9.78 Å². The Morgan fingerprint density at radius 2 is 2.21 bits per heavy atom. The van der Waals surface area contributed by atoms with Gasteiger partial charge in [0.1, 0.15) is 6.04 Å². The number of nitrogens with zero attached hydrogens (tertiary/aromatic N) is 2. The van der Waals surface area contributed by atoms with E-state index in [0.29, 0.717) is 5.92 Å². The Kier molecular flexibility index (Phi) is 4.28. The number of methoxy groups -OCH3 is 1. The van der Waals surface area contributed by atoms with Crippen LogP contribution in [0.2, 0.25) is 0 Å². The first-order chi connectivity index (χ1) is 11.7. The van der Waals surface area contributed by atoms with Crippen molar-refractivity contribution >= 4 is 38.3 Å². The summed E-state index contributed by atoms with van der Waals surface area (Å²) in [4.78, 5) is 19.0. The summed E-state index contributed by atoms with van der Waals surface area (Å²) in [6.45, 7) is 3.28. The van der Waals surface area contributed by atoms with Gasteiger partial charge in [0.25, 0.3) is 0 Å². The average molecular weight is 347 g/mol. The molecule has 7 heteroatoms. The minimum Gasteiger partial charge on any atom is -0.467 e. The Bertz CT molecular complexity index is 738. The molecule has 1 aromatic heterocycles. The third-order valence-corrected chi connectivity index (χ3v) is 5.61. The number of thiazole rings is 1. The van der Waals surface area contributed by atoms with Gasteiger partial charge in [0, 0.05) is 18.8 Å². The summed E-state index contributed by atoms with van der Waals surface area (Å²) in [7, 11) is 1.44. The number of carbonyl (C=O) groups excluding carboxylic acids is 1. The highest BCUT2D eigenvalue weighted by Crippen LogP contribution is 2.36. The number of hydrogen-bond donors (Lipinski definition) is 1. The topological polar surface area (TPSA) is 63.7 Å². The Balaban J connectivity index is 1.55. The smallest absolute Gasteiger partial charge is 0.328 e. The van der Waals surface area contributed by atoms with Crippen LogP contribution in [0.25, 0.3) is 10.2 Å². The zero-order chi connectivity index (χ0) is 16.5. The second-order valence-corrected chi connectivity index (χ2v) is 7.27. The molecule has 1 saturated heterocycles. The molecule has 2 aromatic rings. The van der Waals surface area contributed by atoms with Crippen molar-refractivity contribution in [2.45, 2.75) is 18.9 Å². The van der Waals surface area contributed by atoms with Gasteiger partial charge in [-0.3, -0.25) is 0 Å². The molecule has 1 aromatic carbocycles. The highest BCUT2D eigenvalue weighted by Gasteiger charge is 2.37. The molecule has 4 rings (SSSR count). The highest BCUT2D eigenvalue weighted by atomic mass is 32.1. The number of anilines is 2. The number of fused-ring (bicyclic) bond motifs is 1. The van der Waals surface area contributed by atoms with Crippen molar-refractivity contribution in [1.82, 2.24) is 4.98 Å². The predicted octanol–water partition coefficient (Wildman–Crippen LogP) is 2.50. The molecule has 1 N–H and O–H groups in total. The number of carbonyl (C=O) groups is 1. The van der Waals surface area contributed by atoms with Crippen LogP contribution < -0.4 is 10.2 Å². The molecule has 2 heterocycles. The Morgan fingerprint density at radius 3 is 2.92 bits per heavy atom. The molecular formula is C17H21N3O3S. The Labute approximate surface area is 144 Å². The van der Waals surface area contributed by atoms with E-state index in [2.05, 4.69) is 16.3 Å². The van der Waals surface area contributed by atoms with Gasteiger partial charge in [0.05, 0.1) is 30.5 Å². The van der Waals surface area contributed by atoms with Gasteiger partial charge >= 0.3 is 5.97 Å². The maximum Gasteiger partial charge on any atom is 0.328 e.